The SMILES string of the molecule is CCNC(=O)C[C@H]1C=C(c2ccc(Cl)cc2)C(C)=CC1. The van der Waals surface area contributed by atoms with E-state index in [9.17, 15) is 4.79 Å². The van der Waals surface area contributed by atoms with Gasteiger partial charge in [0.05, 0.1) is 0 Å². The zero-order valence-corrected chi connectivity index (χ0v) is 12.7. The van der Waals surface area contributed by atoms with Gasteiger partial charge in [-0.3, -0.25) is 4.79 Å². The van der Waals surface area contributed by atoms with Gasteiger partial charge in [0.15, 0.2) is 0 Å². The van der Waals surface area contributed by atoms with Gasteiger partial charge in [-0.2, -0.15) is 0 Å². The van der Waals surface area contributed by atoms with Crippen LogP contribution in [0.5, 0.6) is 0 Å². The molecule has 1 aliphatic carbocycles. The van der Waals surface area contributed by atoms with Crippen molar-refractivity contribution in [1.82, 2.24) is 5.32 Å². The highest BCUT2D eigenvalue weighted by Gasteiger charge is 2.17. The summed E-state index contributed by atoms with van der Waals surface area (Å²) in [4.78, 5) is 11.7. The third-order valence-corrected chi connectivity index (χ3v) is 3.78. The second-order valence-electron chi connectivity index (χ2n) is 5.13. The molecule has 1 aromatic carbocycles. The number of rotatable bonds is 4. The molecular weight excluding hydrogens is 270 g/mol. The molecule has 0 radical (unpaired) electrons. The average molecular weight is 290 g/mol. The molecule has 0 fully saturated rings. The van der Waals surface area contributed by atoms with Gasteiger partial charge in [0.2, 0.25) is 5.91 Å². The van der Waals surface area contributed by atoms with Crippen molar-refractivity contribution in [2.75, 3.05) is 6.54 Å². The van der Waals surface area contributed by atoms with Crippen LogP contribution < -0.4 is 5.32 Å². The third-order valence-electron chi connectivity index (χ3n) is 3.53. The molecule has 1 atom stereocenters. The molecule has 1 aromatic rings. The molecule has 1 N–H and O–H groups in total. The van der Waals surface area contributed by atoms with Gasteiger partial charge in [-0.05, 0) is 55.0 Å². The Hall–Kier alpha value is -1.54. The van der Waals surface area contributed by atoms with E-state index in [0.29, 0.717) is 13.0 Å². The van der Waals surface area contributed by atoms with E-state index in [4.69, 9.17) is 11.6 Å². The number of carbonyl (C=O) groups excluding carboxylic acids is 1. The molecule has 3 heteroatoms. The third kappa shape index (κ3) is 3.73. The highest BCUT2D eigenvalue weighted by atomic mass is 35.5. The largest absolute Gasteiger partial charge is 0.356 e. The van der Waals surface area contributed by atoms with Gasteiger partial charge in [0, 0.05) is 18.0 Å². The Morgan fingerprint density at radius 3 is 2.70 bits per heavy atom. The van der Waals surface area contributed by atoms with Crippen molar-refractivity contribution < 1.29 is 4.79 Å². The number of carbonyl (C=O) groups is 1. The molecule has 2 nitrogen and oxygen atoms in total. The molecule has 0 unspecified atom stereocenters. The Morgan fingerprint density at radius 1 is 1.35 bits per heavy atom. The van der Waals surface area contributed by atoms with E-state index in [-0.39, 0.29) is 11.8 Å². The normalized spacial score (nSPS) is 18.2. The summed E-state index contributed by atoms with van der Waals surface area (Å²) in [6.07, 6.45) is 5.91. The summed E-state index contributed by atoms with van der Waals surface area (Å²) >= 11 is 5.93. The van der Waals surface area contributed by atoms with Crippen molar-refractivity contribution in [3.8, 4) is 0 Å². The Morgan fingerprint density at radius 2 is 2.05 bits per heavy atom. The molecule has 0 spiro atoms. The van der Waals surface area contributed by atoms with E-state index in [1.807, 2.05) is 31.2 Å². The van der Waals surface area contributed by atoms with E-state index >= 15 is 0 Å². The number of hydrogen-bond acceptors (Lipinski definition) is 1. The lowest BCUT2D eigenvalue weighted by atomic mass is 9.86. The number of allylic oxidation sites excluding steroid dienone is 4. The predicted octanol–water partition coefficient (Wildman–Crippen LogP) is 4.22. The zero-order chi connectivity index (χ0) is 14.5. The van der Waals surface area contributed by atoms with Crippen molar-refractivity contribution >= 4 is 23.1 Å². The first-order chi connectivity index (χ1) is 9.60. The van der Waals surface area contributed by atoms with Crippen molar-refractivity contribution in [3.05, 3.63) is 52.6 Å². The number of benzene rings is 1. The molecule has 1 amide bonds. The predicted molar refractivity (Wildman–Crippen MR) is 84.6 cm³/mol. The lowest BCUT2D eigenvalue weighted by Gasteiger charge is -2.20. The fraction of sp³-hybridized carbons (Fsp3) is 0.353. The van der Waals surface area contributed by atoms with Crippen molar-refractivity contribution in [3.63, 3.8) is 0 Å². The van der Waals surface area contributed by atoms with Gasteiger partial charge in [0.25, 0.3) is 0 Å². The van der Waals surface area contributed by atoms with Crippen LogP contribution in [0.2, 0.25) is 5.02 Å². The van der Waals surface area contributed by atoms with Crippen LogP contribution in [-0.4, -0.2) is 12.5 Å². The highest BCUT2D eigenvalue weighted by Crippen LogP contribution is 2.32. The molecular formula is C17H20ClNO. The quantitative estimate of drug-likeness (QED) is 0.883. The summed E-state index contributed by atoms with van der Waals surface area (Å²) in [5, 5.41) is 3.60. The first-order valence-electron chi connectivity index (χ1n) is 7.01. The Kier molecular flexibility index (Phi) is 5.02. The van der Waals surface area contributed by atoms with Gasteiger partial charge < -0.3 is 5.32 Å². The molecule has 0 saturated carbocycles. The van der Waals surface area contributed by atoms with Gasteiger partial charge in [-0.1, -0.05) is 35.9 Å². The van der Waals surface area contributed by atoms with Crippen molar-refractivity contribution in [2.24, 2.45) is 5.92 Å². The van der Waals surface area contributed by atoms with Crippen molar-refractivity contribution in [1.29, 1.82) is 0 Å². The van der Waals surface area contributed by atoms with Crippen LogP contribution in [0.25, 0.3) is 5.57 Å². The maximum atomic E-state index is 11.7. The average Bonchev–Trinajstić information content (AvgIpc) is 2.42. The maximum absolute atomic E-state index is 11.7. The Labute approximate surface area is 125 Å². The molecule has 0 heterocycles. The molecule has 0 saturated heterocycles. The molecule has 0 aromatic heterocycles. The fourth-order valence-corrected chi connectivity index (χ4v) is 2.60. The van der Waals surface area contributed by atoms with E-state index < -0.39 is 0 Å². The van der Waals surface area contributed by atoms with E-state index in [2.05, 4.69) is 24.4 Å². The number of amides is 1. The number of halogens is 1. The molecule has 0 aliphatic heterocycles. The van der Waals surface area contributed by atoms with Crippen LogP contribution in [0, 0.1) is 5.92 Å². The summed E-state index contributed by atoms with van der Waals surface area (Å²) < 4.78 is 0. The topological polar surface area (TPSA) is 29.1 Å². The highest BCUT2D eigenvalue weighted by molar-refractivity contribution is 6.30. The second kappa shape index (κ2) is 6.76. The summed E-state index contributed by atoms with van der Waals surface area (Å²) in [6, 6.07) is 7.86. The maximum Gasteiger partial charge on any atom is 0.220 e. The lowest BCUT2D eigenvalue weighted by molar-refractivity contribution is -0.121. The standard InChI is InChI=1S/C17H20ClNO/c1-3-19-17(20)11-13-5-4-12(2)16(10-13)14-6-8-15(18)9-7-14/h4,6-10,13H,3,5,11H2,1-2H3,(H,19,20)/t13-/m1/s1. The summed E-state index contributed by atoms with van der Waals surface area (Å²) in [7, 11) is 0. The van der Waals surface area contributed by atoms with Gasteiger partial charge >= 0.3 is 0 Å². The molecule has 1 aliphatic rings. The summed E-state index contributed by atoms with van der Waals surface area (Å²) in [6.45, 7) is 4.74. The summed E-state index contributed by atoms with van der Waals surface area (Å²) in [5.41, 5.74) is 3.63. The molecule has 106 valence electrons. The fourth-order valence-electron chi connectivity index (χ4n) is 2.48. The van der Waals surface area contributed by atoms with E-state index in [1.54, 1.807) is 0 Å². The monoisotopic (exact) mass is 289 g/mol. The number of hydrogen-bond donors (Lipinski definition) is 1. The van der Waals surface area contributed by atoms with Crippen LogP contribution in [0.3, 0.4) is 0 Å². The molecule has 2 rings (SSSR count). The second-order valence-corrected chi connectivity index (χ2v) is 5.56. The van der Waals surface area contributed by atoms with Gasteiger partial charge in [-0.25, -0.2) is 0 Å². The van der Waals surface area contributed by atoms with Crippen molar-refractivity contribution in [2.45, 2.75) is 26.7 Å². The Balaban J connectivity index is 2.16. The zero-order valence-electron chi connectivity index (χ0n) is 11.9. The van der Waals surface area contributed by atoms with Crippen LogP contribution in [0.1, 0.15) is 32.3 Å². The van der Waals surface area contributed by atoms with E-state index in [1.165, 1.54) is 11.1 Å². The molecule has 0 bridgehead atoms. The molecule has 20 heavy (non-hydrogen) atoms. The van der Waals surface area contributed by atoms with E-state index in [0.717, 1.165) is 17.0 Å². The number of nitrogens with one attached hydrogen (secondary N) is 1. The van der Waals surface area contributed by atoms with Gasteiger partial charge in [-0.15, -0.1) is 0 Å². The minimum absolute atomic E-state index is 0.122. The Bertz CT molecular complexity index is 543. The van der Waals surface area contributed by atoms with Crippen LogP contribution in [0.4, 0.5) is 0 Å². The first-order valence-corrected chi connectivity index (χ1v) is 7.39. The minimum Gasteiger partial charge on any atom is -0.356 e. The lowest BCUT2D eigenvalue weighted by Crippen LogP contribution is -2.25. The van der Waals surface area contributed by atoms with Crippen LogP contribution >= 0.6 is 11.6 Å². The summed E-state index contributed by atoms with van der Waals surface area (Å²) in [5.74, 6) is 0.396. The smallest absolute Gasteiger partial charge is 0.220 e. The van der Waals surface area contributed by atoms with Crippen LogP contribution in [0.15, 0.2) is 42.0 Å². The van der Waals surface area contributed by atoms with Gasteiger partial charge in [0.1, 0.15) is 0 Å². The van der Waals surface area contributed by atoms with Crippen LogP contribution in [-0.2, 0) is 4.79 Å². The first kappa shape index (κ1) is 14.9. The minimum atomic E-state index is 0.122.